The molecular weight excluding hydrogens is 362 g/mol. The maximum Gasteiger partial charge on any atom is 0.310 e. The Morgan fingerprint density at radius 2 is 2.07 bits per heavy atom. The first-order valence-corrected chi connectivity index (χ1v) is 9.15. The van der Waals surface area contributed by atoms with E-state index in [4.69, 9.17) is 9.47 Å². The smallest absolute Gasteiger partial charge is 0.310 e. The van der Waals surface area contributed by atoms with Gasteiger partial charge >= 0.3 is 11.7 Å². The molecule has 1 aromatic heterocycles. The first-order valence-electron chi connectivity index (χ1n) is 9.15. The van der Waals surface area contributed by atoms with Crippen molar-refractivity contribution >= 4 is 17.5 Å². The van der Waals surface area contributed by atoms with Gasteiger partial charge in [-0.05, 0) is 49.9 Å². The summed E-state index contributed by atoms with van der Waals surface area (Å²) >= 11 is 0. The molecular formula is C20H25N3O5. The molecule has 1 aromatic carbocycles. The molecule has 1 unspecified atom stereocenters. The molecule has 1 heterocycles. The van der Waals surface area contributed by atoms with E-state index in [1.807, 2.05) is 19.1 Å². The monoisotopic (exact) mass is 387 g/mol. The topological polar surface area (TPSA) is 104 Å². The summed E-state index contributed by atoms with van der Waals surface area (Å²) in [5.74, 6) is 0.586. The number of nitro groups is 1. The lowest BCUT2D eigenvalue weighted by Crippen LogP contribution is -2.25. The molecule has 0 amide bonds. The predicted octanol–water partition coefficient (Wildman–Crippen LogP) is 3.89. The van der Waals surface area contributed by atoms with Crippen LogP contribution in [-0.4, -0.2) is 35.1 Å². The number of rotatable bonds is 11. The van der Waals surface area contributed by atoms with E-state index in [0.29, 0.717) is 6.42 Å². The fraction of sp³-hybridized carbons (Fsp3) is 0.400. The number of pyridine rings is 1. The predicted molar refractivity (Wildman–Crippen MR) is 105 cm³/mol. The van der Waals surface area contributed by atoms with Crippen molar-refractivity contribution in [3.8, 4) is 5.75 Å². The molecule has 8 nitrogen and oxygen atoms in total. The highest BCUT2D eigenvalue weighted by Gasteiger charge is 2.19. The van der Waals surface area contributed by atoms with Gasteiger partial charge in [0, 0.05) is 25.7 Å². The molecule has 0 aliphatic heterocycles. The lowest BCUT2D eigenvalue weighted by Gasteiger charge is -2.19. The van der Waals surface area contributed by atoms with E-state index in [-0.39, 0.29) is 18.0 Å². The number of nitrogens with zero attached hydrogens (tertiary/aromatic N) is 2. The number of para-hydroxylation sites is 2. The van der Waals surface area contributed by atoms with Crippen molar-refractivity contribution in [3.63, 3.8) is 0 Å². The summed E-state index contributed by atoms with van der Waals surface area (Å²) in [4.78, 5) is 26.0. The van der Waals surface area contributed by atoms with Crippen molar-refractivity contribution in [2.24, 2.45) is 0 Å². The molecule has 0 spiro atoms. The molecule has 0 fully saturated rings. The number of nitrogens with one attached hydrogen (secondary N) is 1. The second-order valence-electron chi connectivity index (χ2n) is 6.41. The van der Waals surface area contributed by atoms with E-state index in [9.17, 15) is 14.9 Å². The van der Waals surface area contributed by atoms with Crippen LogP contribution in [0.15, 0.2) is 42.6 Å². The van der Waals surface area contributed by atoms with Gasteiger partial charge in [0.05, 0.1) is 4.92 Å². The Balaban J connectivity index is 1.86. The Morgan fingerprint density at radius 3 is 2.79 bits per heavy atom. The van der Waals surface area contributed by atoms with E-state index < -0.39 is 17.0 Å². The van der Waals surface area contributed by atoms with Gasteiger partial charge in [-0.15, -0.1) is 0 Å². The van der Waals surface area contributed by atoms with Crippen LogP contribution >= 0.6 is 0 Å². The highest BCUT2D eigenvalue weighted by Crippen LogP contribution is 2.27. The Hall–Kier alpha value is -3.16. The fourth-order valence-electron chi connectivity index (χ4n) is 2.62. The Kier molecular flexibility index (Phi) is 8.20. The first kappa shape index (κ1) is 21.1. The summed E-state index contributed by atoms with van der Waals surface area (Å²) in [6.07, 6.45) is 3.55. The molecule has 0 aliphatic carbocycles. The molecule has 0 bridgehead atoms. The molecule has 8 heteroatoms. The highest BCUT2D eigenvalue weighted by molar-refractivity contribution is 5.65. The molecule has 1 N–H and O–H groups in total. The summed E-state index contributed by atoms with van der Waals surface area (Å²) in [5.41, 5.74) is 1.03. The number of unbranched alkanes of at least 4 members (excludes halogenated alkanes) is 1. The first-order chi connectivity index (χ1) is 13.5. The molecule has 0 radical (unpaired) electrons. The SMILES string of the molecule is CC(=O)OCC(CCCCNc1cc(C)ccn1)Oc1ccccc1[N+](=O)[O-]. The summed E-state index contributed by atoms with van der Waals surface area (Å²) in [5, 5.41) is 14.4. The second kappa shape index (κ2) is 10.9. The zero-order chi connectivity index (χ0) is 20.4. The van der Waals surface area contributed by atoms with Crippen LogP contribution in [0.5, 0.6) is 5.75 Å². The van der Waals surface area contributed by atoms with Gasteiger partial charge in [0.25, 0.3) is 0 Å². The zero-order valence-corrected chi connectivity index (χ0v) is 16.1. The van der Waals surface area contributed by atoms with E-state index in [0.717, 1.165) is 30.8 Å². The van der Waals surface area contributed by atoms with Crippen molar-refractivity contribution < 1.29 is 19.2 Å². The average molecular weight is 387 g/mol. The quantitative estimate of drug-likeness (QED) is 0.270. The van der Waals surface area contributed by atoms with Gasteiger partial charge in [-0.25, -0.2) is 4.98 Å². The lowest BCUT2D eigenvalue weighted by molar-refractivity contribution is -0.386. The number of hydrogen-bond donors (Lipinski definition) is 1. The summed E-state index contributed by atoms with van der Waals surface area (Å²) in [6, 6.07) is 10.1. The number of benzene rings is 1. The molecule has 2 rings (SSSR count). The number of nitro benzene ring substituents is 1. The maximum absolute atomic E-state index is 11.2. The third-order valence-electron chi connectivity index (χ3n) is 4.00. The van der Waals surface area contributed by atoms with E-state index in [2.05, 4.69) is 10.3 Å². The number of carbonyl (C=O) groups excluding carboxylic acids is 1. The maximum atomic E-state index is 11.2. The number of aryl methyl sites for hydroxylation is 1. The number of anilines is 1. The molecule has 150 valence electrons. The molecule has 0 aliphatic rings. The Labute approximate surface area is 164 Å². The van der Waals surface area contributed by atoms with Crippen LogP contribution in [0.25, 0.3) is 0 Å². The largest absolute Gasteiger partial charge is 0.480 e. The van der Waals surface area contributed by atoms with Crippen LogP contribution in [-0.2, 0) is 9.53 Å². The van der Waals surface area contributed by atoms with Crippen LogP contribution in [0.2, 0.25) is 0 Å². The van der Waals surface area contributed by atoms with E-state index in [1.165, 1.54) is 13.0 Å². The lowest BCUT2D eigenvalue weighted by atomic mass is 10.1. The number of aromatic nitrogens is 1. The van der Waals surface area contributed by atoms with Gasteiger partial charge in [-0.3, -0.25) is 14.9 Å². The third kappa shape index (κ3) is 7.22. The van der Waals surface area contributed by atoms with Crippen LogP contribution in [0.4, 0.5) is 11.5 Å². The van der Waals surface area contributed by atoms with Gasteiger partial charge in [-0.2, -0.15) is 0 Å². The summed E-state index contributed by atoms with van der Waals surface area (Å²) in [7, 11) is 0. The number of ether oxygens (including phenoxy) is 2. The van der Waals surface area contributed by atoms with Gasteiger partial charge in [0.15, 0.2) is 5.75 Å². The van der Waals surface area contributed by atoms with Gasteiger partial charge in [-0.1, -0.05) is 12.1 Å². The minimum atomic E-state index is -0.489. The number of carbonyl (C=O) groups is 1. The Morgan fingerprint density at radius 1 is 1.29 bits per heavy atom. The van der Waals surface area contributed by atoms with Crippen molar-refractivity contribution in [2.45, 2.75) is 39.2 Å². The van der Waals surface area contributed by atoms with Crippen molar-refractivity contribution in [1.82, 2.24) is 4.98 Å². The van der Waals surface area contributed by atoms with Crippen molar-refractivity contribution in [3.05, 3.63) is 58.3 Å². The fourth-order valence-corrected chi connectivity index (χ4v) is 2.62. The van der Waals surface area contributed by atoms with E-state index in [1.54, 1.807) is 24.4 Å². The standard InChI is InChI=1S/C20H25N3O5/c1-15-10-12-22-20(13-15)21-11-6-5-7-17(14-27-16(2)24)28-19-9-4-3-8-18(19)23(25)26/h3-4,8-10,12-13,17H,5-7,11,14H2,1-2H3,(H,21,22). The van der Waals surface area contributed by atoms with Crippen molar-refractivity contribution in [2.75, 3.05) is 18.5 Å². The number of hydrogen-bond acceptors (Lipinski definition) is 7. The molecule has 0 saturated heterocycles. The molecule has 0 saturated carbocycles. The van der Waals surface area contributed by atoms with Crippen LogP contribution < -0.4 is 10.1 Å². The normalized spacial score (nSPS) is 11.5. The Bertz CT molecular complexity index is 797. The van der Waals surface area contributed by atoms with Crippen LogP contribution in [0.1, 0.15) is 31.7 Å². The minimum Gasteiger partial charge on any atom is -0.480 e. The van der Waals surface area contributed by atoms with Gasteiger partial charge in [0.1, 0.15) is 18.5 Å². The highest BCUT2D eigenvalue weighted by atomic mass is 16.6. The van der Waals surface area contributed by atoms with E-state index >= 15 is 0 Å². The third-order valence-corrected chi connectivity index (χ3v) is 4.00. The van der Waals surface area contributed by atoms with Crippen molar-refractivity contribution in [1.29, 1.82) is 0 Å². The van der Waals surface area contributed by atoms with Crippen LogP contribution in [0.3, 0.4) is 0 Å². The summed E-state index contributed by atoms with van der Waals surface area (Å²) < 4.78 is 10.8. The average Bonchev–Trinajstić information content (AvgIpc) is 2.65. The van der Waals surface area contributed by atoms with Gasteiger partial charge in [0.2, 0.25) is 0 Å². The molecule has 1 atom stereocenters. The minimum absolute atomic E-state index is 0.0498. The zero-order valence-electron chi connectivity index (χ0n) is 16.1. The molecule has 2 aromatic rings. The van der Waals surface area contributed by atoms with Crippen LogP contribution in [0, 0.1) is 17.0 Å². The second-order valence-corrected chi connectivity index (χ2v) is 6.41. The molecule has 28 heavy (non-hydrogen) atoms. The number of esters is 1. The van der Waals surface area contributed by atoms with Gasteiger partial charge < -0.3 is 14.8 Å². The summed E-state index contributed by atoms with van der Waals surface area (Å²) in [6.45, 7) is 4.11.